The second kappa shape index (κ2) is 6.72. The first-order chi connectivity index (χ1) is 9.83. The van der Waals surface area contributed by atoms with Gasteiger partial charge in [-0.15, -0.1) is 0 Å². The van der Waals surface area contributed by atoms with Crippen molar-refractivity contribution < 1.29 is 22.7 Å². The van der Waals surface area contributed by atoms with Gasteiger partial charge in [0, 0.05) is 17.4 Å². The van der Waals surface area contributed by atoms with E-state index in [2.05, 4.69) is 20.7 Å². The van der Waals surface area contributed by atoms with Crippen LogP contribution in [0.3, 0.4) is 0 Å². The molecule has 1 aliphatic rings. The summed E-state index contributed by atoms with van der Waals surface area (Å²) in [5.74, 6) is -1.72. The highest BCUT2D eigenvalue weighted by atomic mass is 79.9. The number of rotatable bonds is 5. The molecule has 2 atom stereocenters. The maximum Gasteiger partial charge on any atom is 0.371 e. The van der Waals surface area contributed by atoms with Crippen LogP contribution in [0.15, 0.2) is 20.0 Å². The molecule has 2 unspecified atom stereocenters. The van der Waals surface area contributed by atoms with E-state index in [4.69, 9.17) is 9.52 Å². The van der Waals surface area contributed by atoms with Crippen LogP contribution in [-0.2, 0) is 10.0 Å². The zero-order valence-electron chi connectivity index (χ0n) is 11.3. The van der Waals surface area contributed by atoms with Crippen LogP contribution in [0.25, 0.3) is 0 Å². The van der Waals surface area contributed by atoms with Crippen LogP contribution in [0.4, 0.5) is 0 Å². The number of carboxylic acids is 1. The average molecular weight is 398 g/mol. The van der Waals surface area contributed by atoms with E-state index < -0.39 is 21.8 Å². The van der Waals surface area contributed by atoms with Crippen molar-refractivity contribution in [3.8, 4) is 0 Å². The Morgan fingerprint density at radius 3 is 2.81 bits per heavy atom. The van der Waals surface area contributed by atoms with Gasteiger partial charge in [-0.25, -0.2) is 17.9 Å². The van der Waals surface area contributed by atoms with Gasteiger partial charge in [-0.3, -0.25) is 0 Å². The summed E-state index contributed by atoms with van der Waals surface area (Å²) in [6.07, 6.45) is 5.66. The number of nitrogens with one attached hydrogen (secondary N) is 1. The van der Waals surface area contributed by atoms with Crippen molar-refractivity contribution in [2.75, 3.05) is 6.26 Å². The minimum Gasteiger partial charge on any atom is -0.475 e. The standard InChI is InChI=1S/C12H16BrNO5S2/c1-20-8-4-2-3-7(5-8)14-21(17,18)10-6-9(12(15)16)19-11(10)13/h6-8,14H,2-5H2,1H3,(H,15,16). The molecule has 2 rings (SSSR count). The fraction of sp³-hybridized carbons (Fsp3) is 0.583. The summed E-state index contributed by atoms with van der Waals surface area (Å²) in [7, 11) is -3.80. The highest BCUT2D eigenvalue weighted by Crippen LogP contribution is 2.30. The van der Waals surface area contributed by atoms with Gasteiger partial charge < -0.3 is 9.52 Å². The number of carbonyl (C=O) groups is 1. The van der Waals surface area contributed by atoms with Gasteiger partial charge >= 0.3 is 5.97 Å². The van der Waals surface area contributed by atoms with E-state index in [1.165, 1.54) is 0 Å². The minimum absolute atomic E-state index is 0.0929. The summed E-state index contributed by atoms with van der Waals surface area (Å²) in [4.78, 5) is 10.7. The van der Waals surface area contributed by atoms with Crippen molar-refractivity contribution in [1.29, 1.82) is 0 Å². The first-order valence-corrected chi connectivity index (χ1v) is 9.97. The molecule has 1 aliphatic carbocycles. The third kappa shape index (κ3) is 4.02. The molecule has 9 heteroatoms. The molecule has 1 aromatic heterocycles. The van der Waals surface area contributed by atoms with Gasteiger partial charge in [-0.05, 0) is 41.4 Å². The maximum atomic E-state index is 12.4. The number of hydrogen-bond acceptors (Lipinski definition) is 5. The van der Waals surface area contributed by atoms with Crippen molar-refractivity contribution in [3.63, 3.8) is 0 Å². The number of halogens is 1. The predicted molar refractivity (Wildman–Crippen MR) is 83.2 cm³/mol. The molecular formula is C12H16BrNO5S2. The van der Waals surface area contributed by atoms with Crippen molar-refractivity contribution in [1.82, 2.24) is 4.72 Å². The topological polar surface area (TPSA) is 96.6 Å². The average Bonchev–Trinajstić information content (AvgIpc) is 2.81. The van der Waals surface area contributed by atoms with Crippen LogP contribution in [-0.4, -0.2) is 37.0 Å². The monoisotopic (exact) mass is 397 g/mol. The molecule has 0 aromatic carbocycles. The highest BCUT2D eigenvalue weighted by molar-refractivity contribution is 9.10. The third-order valence-corrected chi connectivity index (χ3v) is 6.91. The molecule has 0 amide bonds. The first-order valence-electron chi connectivity index (χ1n) is 6.41. The van der Waals surface area contributed by atoms with E-state index in [0.29, 0.717) is 5.25 Å². The number of carboxylic acid groups (broad SMARTS) is 1. The Labute approximate surface area is 135 Å². The van der Waals surface area contributed by atoms with E-state index in [1.54, 1.807) is 11.8 Å². The Morgan fingerprint density at radius 2 is 2.24 bits per heavy atom. The summed E-state index contributed by atoms with van der Waals surface area (Å²) in [5.41, 5.74) is 0. The van der Waals surface area contributed by atoms with Crippen LogP contribution >= 0.6 is 27.7 Å². The van der Waals surface area contributed by atoms with Crippen molar-refractivity contribution >= 4 is 43.7 Å². The lowest BCUT2D eigenvalue weighted by molar-refractivity contribution is 0.0661. The largest absolute Gasteiger partial charge is 0.475 e. The zero-order valence-corrected chi connectivity index (χ0v) is 14.6. The number of hydrogen-bond donors (Lipinski definition) is 2. The predicted octanol–water partition coefficient (Wildman–Crippen LogP) is 2.69. The molecular weight excluding hydrogens is 382 g/mol. The summed E-state index contributed by atoms with van der Waals surface area (Å²) in [6, 6.07) is 0.889. The lowest BCUT2D eigenvalue weighted by Crippen LogP contribution is -2.39. The molecule has 1 saturated carbocycles. The van der Waals surface area contributed by atoms with Crippen LogP contribution in [0.2, 0.25) is 0 Å². The molecule has 1 fully saturated rings. The number of thioether (sulfide) groups is 1. The molecule has 0 bridgehead atoms. The molecule has 0 spiro atoms. The Balaban J connectivity index is 2.16. The normalized spacial score (nSPS) is 23.1. The molecule has 0 aliphatic heterocycles. The zero-order chi connectivity index (χ0) is 15.6. The fourth-order valence-electron chi connectivity index (χ4n) is 2.39. The summed E-state index contributed by atoms with van der Waals surface area (Å²) < 4.78 is 32.1. The summed E-state index contributed by atoms with van der Waals surface area (Å²) >= 11 is 4.70. The number of sulfonamides is 1. The van der Waals surface area contributed by atoms with Gasteiger partial charge in [0.2, 0.25) is 15.8 Å². The second-order valence-electron chi connectivity index (χ2n) is 4.90. The molecule has 6 nitrogen and oxygen atoms in total. The Bertz CT molecular complexity index is 628. The van der Waals surface area contributed by atoms with Gasteiger partial charge in [0.1, 0.15) is 4.90 Å². The van der Waals surface area contributed by atoms with E-state index in [-0.39, 0.29) is 15.6 Å². The quantitative estimate of drug-likeness (QED) is 0.792. The molecule has 1 heterocycles. The molecule has 2 N–H and O–H groups in total. The highest BCUT2D eigenvalue weighted by Gasteiger charge is 2.30. The summed E-state index contributed by atoms with van der Waals surface area (Å²) in [5, 5.41) is 9.30. The fourth-order valence-corrected chi connectivity index (χ4v) is 5.44. The van der Waals surface area contributed by atoms with Gasteiger partial charge in [-0.1, -0.05) is 6.42 Å². The van der Waals surface area contributed by atoms with E-state index >= 15 is 0 Å². The maximum absolute atomic E-state index is 12.4. The van der Waals surface area contributed by atoms with Crippen LogP contribution in [0.1, 0.15) is 36.2 Å². The molecule has 0 radical (unpaired) electrons. The molecule has 0 saturated heterocycles. The van der Waals surface area contributed by atoms with Gasteiger partial charge in [-0.2, -0.15) is 11.8 Å². The smallest absolute Gasteiger partial charge is 0.371 e. The first kappa shape index (κ1) is 16.9. The Hall–Kier alpha value is -0.510. The molecule has 1 aromatic rings. The van der Waals surface area contributed by atoms with Crippen LogP contribution < -0.4 is 4.72 Å². The molecule has 21 heavy (non-hydrogen) atoms. The Kier molecular flexibility index (Phi) is 5.39. The van der Waals surface area contributed by atoms with E-state index in [0.717, 1.165) is 31.7 Å². The van der Waals surface area contributed by atoms with Crippen molar-refractivity contribution in [3.05, 3.63) is 16.5 Å². The van der Waals surface area contributed by atoms with Gasteiger partial charge in [0.05, 0.1) is 0 Å². The van der Waals surface area contributed by atoms with Crippen molar-refractivity contribution in [2.24, 2.45) is 0 Å². The lowest BCUT2D eigenvalue weighted by Gasteiger charge is -2.28. The third-order valence-electron chi connectivity index (χ3n) is 3.44. The number of furan rings is 1. The lowest BCUT2D eigenvalue weighted by atomic mass is 9.96. The van der Waals surface area contributed by atoms with E-state index in [1.807, 2.05) is 6.26 Å². The van der Waals surface area contributed by atoms with Gasteiger partial charge in [0.15, 0.2) is 4.67 Å². The van der Waals surface area contributed by atoms with Gasteiger partial charge in [0.25, 0.3) is 0 Å². The van der Waals surface area contributed by atoms with Crippen LogP contribution in [0, 0.1) is 0 Å². The number of aromatic carboxylic acids is 1. The minimum atomic E-state index is -3.80. The SMILES string of the molecule is CSC1CCCC(NS(=O)(=O)c2cc(C(=O)O)oc2Br)C1. The Morgan fingerprint density at radius 1 is 1.52 bits per heavy atom. The van der Waals surface area contributed by atoms with Crippen molar-refractivity contribution in [2.45, 2.75) is 41.9 Å². The van der Waals surface area contributed by atoms with Crippen LogP contribution in [0.5, 0.6) is 0 Å². The second-order valence-corrected chi connectivity index (χ2v) is 8.44. The van der Waals surface area contributed by atoms with E-state index in [9.17, 15) is 13.2 Å². The molecule has 118 valence electrons. The summed E-state index contributed by atoms with van der Waals surface area (Å²) in [6.45, 7) is 0.